The lowest BCUT2D eigenvalue weighted by molar-refractivity contribution is -0.137. The van der Waals surface area contributed by atoms with Crippen LogP contribution in [0.15, 0.2) is 42.5 Å². The zero-order valence-electron chi connectivity index (χ0n) is 13.9. The van der Waals surface area contributed by atoms with Crippen molar-refractivity contribution in [2.24, 2.45) is 0 Å². The predicted molar refractivity (Wildman–Crippen MR) is 90.9 cm³/mol. The molecule has 6 heteroatoms. The molecule has 0 aromatic heterocycles. The van der Waals surface area contributed by atoms with Gasteiger partial charge >= 0.3 is 6.18 Å². The number of halogens is 3. The molecular formula is C19H17F3N2O. The number of nitrogens with zero attached hydrogens (tertiary/aromatic N) is 2. The van der Waals surface area contributed by atoms with E-state index in [1.54, 1.807) is 0 Å². The quantitative estimate of drug-likeness (QED) is 0.747. The maximum absolute atomic E-state index is 13.2. The van der Waals surface area contributed by atoms with E-state index < -0.39 is 11.7 Å². The molecule has 0 radical (unpaired) electrons. The molecule has 0 unspecified atom stereocenters. The van der Waals surface area contributed by atoms with Crippen molar-refractivity contribution in [1.29, 1.82) is 0 Å². The Morgan fingerprint density at radius 1 is 1.12 bits per heavy atom. The molecule has 2 aromatic carbocycles. The highest BCUT2D eigenvalue weighted by atomic mass is 19.4. The van der Waals surface area contributed by atoms with Gasteiger partial charge in [0.25, 0.3) is 0 Å². The first kappa shape index (κ1) is 15.9. The second kappa shape index (κ2) is 5.44. The third-order valence-corrected chi connectivity index (χ3v) is 4.57. The van der Waals surface area contributed by atoms with Gasteiger partial charge in [0.05, 0.1) is 16.9 Å². The lowest BCUT2D eigenvalue weighted by atomic mass is 9.98. The van der Waals surface area contributed by atoms with Crippen LogP contribution in [0.4, 0.5) is 24.5 Å². The molecule has 3 nitrogen and oxygen atoms in total. The second-order valence-electron chi connectivity index (χ2n) is 6.38. The number of ether oxygens (including phenoxy) is 1. The number of fused-ring (bicyclic) bond motifs is 2. The summed E-state index contributed by atoms with van der Waals surface area (Å²) in [5, 5.41) is 0. The summed E-state index contributed by atoms with van der Waals surface area (Å²) in [5.74, 6) is 0.469. The van der Waals surface area contributed by atoms with E-state index in [1.807, 2.05) is 48.2 Å². The van der Waals surface area contributed by atoms with Crippen molar-refractivity contribution in [1.82, 2.24) is 4.90 Å². The van der Waals surface area contributed by atoms with Crippen molar-refractivity contribution in [3.8, 4) is 5.75 Å². The van der Waals surface area contributed by atoms with Crippen molar-refractivity contribution in [3.05, 3.63) is 59.2 Å². The highest BCUT2D eigenvalue weighted by Crippen LogP contribution is 2.46. The summed E-state index contributed by atoms with van der Waals surface area (Å²) < 4.78 is 45.3. The normalized spacial score (nSPS) is 15.6. The van der Waals surface area contributed by atoms with Crippen molar-refractivity contribution >= 4 is 17.1 Å². The van der Waals surface area contributed by atoms with Crippen molar-refractivity contribution in [2.75, 3.05) is 25.5 Å². The summed E-state index contributed by atoms with van der Waals surface area (Å²) in [4.78, 5) is 3.93. The van der Waals surface area contributed by atoms with E-state index in [0.29, 0.717) is 24.6 Å². The van der Waals surface area contributed by atoms with Gasteiger partial charge in [0, 0.05) is 37.5 Å². The van der Waals surface area contributed by atoms with Crippen LogP contribution in [0.1, 0.15) is 16.7 Å². The van der Waals surface area contributed by atoms with Crippen molar-refractivity contribution < 1.29 is 17.9 Å². The lowest BCUT2D eigenvalue weighted by Gasteiger charge is -2.33. The number of hydrogen-bond acceptors (Lipinski definition) is 3. The standard InChI is InChI=1S/C19H17F3N2O/c1-23(2)15-8-9-24-16-10-13(19(20,21)22)6-7-17(16)25-11-12-4-3-5-14(15)18(12)24/h3-8,10H,9,11H2,1-2H3. The van der Waals surface area contributed by atoms with Crippen LogP contribution < -0.4 is 9.64 Å². The molecule has 0 bridgehead atoms. The first-order chi connectivity index (χ1) is 11.9. The van der Waals surface area contributed by atoms with E-state index in [-0.39, 0.29) is 0 Å². The summed E-state index contributed by atoms with van der Waals surface area (Å²) in [5.41, 5.74) is 3.74. The van der Waals surface area contributed by atoms with Crippen LogP contribution in [0.5, 0.6) is 5.75 Å². The molecule has 0 N–H and O–H groups in total. The first-order valence-corrected chi connectivity index (χ1v) is 7.97. The van der Waals surface area contributed by atoms with Gasteiger partial charge in [-0.2, -0.15) is 13.2 Å². The Hall–Kier alpha value is -2.63. The minimum absolute atomic E-state index is 0.332. The number of benzene rings is 2. The van der Waals surface area contributed by atoms with Crippen LogP contribution in [0.3, 0.4) is 0 Å². The van der Waals surface area contributed by atoms with E-state index in [1.165, 1.54) is 12.1 Å². The Morgan fingerprint density at radius 2 is 1.92 bits per heavy atom. The third-order valence-electron chi connectivity index (χ3n) is 4.57. The van der Waals surface area contributed by atoms with Crippen molar-refractivity contribution in [2.45, 2.75) is 12.8 Å². The fraction of sp³-hybridized carbons (Fsp3) is 0.263. The van der Waals surface area contributed by atoms with E-state index in [4.69, 9.17) is 4.74 Å². The third kappa shape index (κ3) is 2.52. The van der Waals surface area contributed by atoms with Crippen LogP contribution in [0, 0.1) is 0 Å². The molecule has 2 aliphatic rings. The molecule has 0 aliphatic carbocycles. The first-order valence-electron chi connectivity index (χ1n) is 7.97. The van der Waals surface area contributed by atoms with Crippen LogP contribution in [-0.4, -0.2) is 25.5 Å². The van der Waals surface area contributed by atoms with E-state index in [0.717, 1.165) is 28.6 Å². The fourth-order valence-electron chi connectivity index (χ4n) is 3.44. The minimum atomic E-state index is -4.38. The van der Waals surface area contributed by atoms with Gasteiger partial charge < -0.3 is 14.5 Å². The topological polar surface area (TPSA) is 15.7 Å². The maximum Gasteiger partial charge on any atom is 0.416 e. The maximum atomic E-state index is 13.2. The van der Waals surface area contributed by atoms with Crippen LogP contribution in [-0.2, 0) is 12.8 Å². The largest absolute Gasteiger partial charge is 0.487 e. The Bertz CT molecular complexity index is 871. The number of rotatable bonds is 1. The Balaban J connectivity index is 1.92. The van der Waals surface area contributed by atoms with Crippen LogP contribution >= 0.6 is 0 Å². The van der Waals surface area contributed by atoms with Gasteiger partial charge in [0.15, 0.2) is 0 Å². The molecule has 0 amide bonds. The summed E-state index contributed by atoms with van der Waals surface area (Å²) in [6, 6.07) is 9.57. The molecule has 130 valence electrons. The number of alkyl halides is 3. The molecule has 0 saturated heterocycles. The van der Waals surface area contributed by atoms with Gasteiger partial charge in [0.2, 0.25) is 0 Å². The molecule has 25 heavy (non-hydrogen) atoms. The average molecular weight is 346 g/mol. The van der Waals surface area contributed by atoms with Gasteiger partial charge in [-0.05, 0) is 24.3 Å². The van der Waals surface area contributed by atoms with E-state index in [9.17, 15) is 13.2 Å². The fourth-order valence-corrected chi connectivity index (χ4v) is 3.44. The smallest absolute Gasteiger partial charge is 0.416 e. The molecule has 4 rings (SSSR count). The zero-order valence-corrected chi connectivity index (χ0v) is 13.9. The molecule has 0 saturated carbocycles. The summed E-state index contributed by atoms with van der Waals surface area (Å²) in [7, 11) is 3.92. The van der Waals surface area contributed by atoms with Gasteiger partial charge in [-0.1, -0.05) is 18.2 Å². The number of anilines is 2. The Labute approximate surface area is 143 Å². The van der Waals surface area contributed by atoms with Crippen LogP contribution in [0.25, 0.3) is 5.70 Å². The SMILES string of the molecule is CN(C)C1=CCN2c3cc(C(F)(F)F)ccc3OCc3cccc1c32. The van der Waals surface area contributed by atoms with Crippen LogP contribution in [0.2, 0.25) is 0 Å². The molecule has 2 aliphatic heterocycles. The van der Waals surface area contributed by atoms with Gasteiger partial charge in [-0.25, -0.2) is 0 Å². The Morgan fingerprint density at radius 3 is 2.64 bits per heavy atom. The average Bonchev–Trinajstić information content (AvgIpc) is 2.73. The molecule has 0 spiro atoms. The Kier molecular flexibility index (Phi) is 3.45. The molecule has 2 heterocycles. The predicted octanol–water partition coefficient (Wildman–Crippen LogP) is 4.65. The number of para-hydroxylation sites is 1. The summed E-state index contributed by atoms with van der Waals surface area (Å²) in [6.07, 6.45) is -2.36. The van der Waals surface area contributed by atoms with Gasteiger partial charge in [0.1, 0.15) is 12.4 Å². The summed E-state index contributed by atoms with van der Waals surface area (Å²) in [6.45, 7) is 0.827. The molecule has 0 atom stereocenters. The monoisotopic (exact) mass is 346 g/mol. The summed E-state index contributed by atoms with van der Waals surface area (Å²) >= 11 is 0. The minimum Gasteiger partial charge on any atom is -0.487 e. The molecular weight excluding hydrogens is 329 g/mol. The number of hydrogen-bond donors (Lipinski definition) is 0. The van der Waals surface area contributed by atoms with Gasteiger partial charge in [-0.15, -0.1) is 0 Å². The molecule has 0 fully saturated rings. The highest BCUT2D eigenvalue weighted by Gasteiger charge is 2.34. The molecule has 2 aromatic rings. The second-order valence-corrected chi connectivity index (χ2v) is 6.38. The van der Waals surface area contributed by atoms with E-state index in [2.05, 4.69) is 0 Å². The highest BCUT2D eigenvalue weighted by molar-refractivity contribution is 5.87. The van der Waals surface area contributed by atoms with E-state index >= 15 is 0 Å². The zero-order chi connectivity index (χ0) is 17.8. The lowest BCUT2D eigenvalue weighted by Crippen LogP contribution is -2.26. The van der Waals surface area contributed by atoms with Gasteiger partial charge in [-0.3, -0.25) is 0 Å². The van der Waals surface area contributed by atoms with Crippen molar-refractivity contribution in [3.63, 3.8) is 0 Å².